The van der Waals surface area contributed by atoms with Crippen molar-refractivity contribution in [2.45, 2.75) is 12.5 Å². The van der Waals surface area contributed by atoms with E-state index in [1.165, 1.54) is 16.9 Å². The number of pyridine rings is 1. The van der Waals surface area contributed by atoms with Crippen LogP contribution >= 0.6 is 11.3 Å². The summed E-state index contributed by atoms with van der Waals surface area (Å²) in [7, 11) is 2.11. The Kier molecular flexibility index (Phi) is 5.27. The molecular formula is C21H22N4OS. The van der Waals surface area contributed by atoms with Crippen LogP contribution in [0.1, 0.15) is 17.3 Å². The Hall–Kier alpha value is -2.57. The molecule has 5 nitrogen and oxygen atoms in total. The molecule has 6 heteroatoms. The van der Waals surface area contributed by atoms with E-state index >= 15 is 0 Å². The summed E-state index contributed by atoms with van der Waals surface area (Å²) in [5, 5.41) is 2.83. The lowest BCUT2D eigenvalue weighted by Gasteiger charge is -2.40. The van der Waals surface area contributed by atoms with Crippen LogP contribution < -0.4 is 0 Å². The Morgan fingerprint density at radius 1 is 1.15 bits per heavy atom. The van der Waals surface area contributed by atoms with Crippen molar-refractivity contribution in [2.75, 3.05) is 26.7 Å². The molecule has 1 unspecified atom stereocenters. The zero-order chi connectivity index (χ0) is 18.6. The van der Waals surface area contributed by atoms with E-state index in [-0.39, 0.29) is 11.9 Å². The van der Waals surface area contributed by atoms with Crippen molar-refractivity contribution in [2.24, 2.45) is 0 Å². The number of nitrogens with zero attached hydrogens (tertiary/aromatic N) is 4. The summed E-state index contributed by atoms with van der Waals surface area (Å²) >= 11 is 1.54. The molecule has 2 aromatic heterocycles. The molecule has 0 radical (unpaired) electrons. The average Bonchev–Trinajstić information content (AvgIpc) is 3.17. The van der Waals surface area contributed by atoms with Crippen LogP contribution in [0.2, 0.25) is 0 Å². The molecule has 0 bridgehead atoms. The number of benzene rings is 1. The quantitative estimate of drug-likeness (QED) is 0.699. The standard InChI is InChI=1S/C21H22N4OS/c1-24-11-12-25(19(14-24)16-7-3-2-4-8-16)20(26)13-17-15-27-21(23-17)18-9-5-6-10-22-18/h2-10,15,19H,11-14H2,1H3. The highest BCUT2D eigenvalue weighted by Gasteiger charge is 2.30. The maximum atomic E-state index is 13.1. The summed E-state index contributed by atoms with van der Waals surface area (Å²) < 4.78 is 0. The van der Waals surface area contributed by atoms with Crippen LogP contribution in [0, 0.1) is 0 Å². The van der Waals surface area contributed by atoms with E-state index in [0.717, 1.165) is 36.0 Å². The van der Waals surface area contributed by atoms with Gasteiger partial charge in [0.25, 0.3) is 0 Å². The van der Waals surface area contributed by atoms with Gasteiger partial charge in [-0.05, 0) is 24.7 Å². The first-order valence-corrected chi connectivity index (χ1v) is 9.97. The highest BCUT2D eigenvalue weighted by atomic mass is 32.1. The van der Waals surface area contributed by atoms with E-state index in [2.05, 4.69) is 34.0 Å². The van der Waals surface area contributed by atoms with Crippen LogP contribution in [0.4, 0.5) is 0 Å². The van der Waals surface area contributed by atoms with Gasteiger partial charge in [-0.25, -0.2) is 4.98 Å². The van der Waals surface area contributed by atoms with Gasteiger partial charge >= 0.3 is 0 Å². The SMILES string of the molecule is CN1CCN(C(=O)Cc2csc(-c3ccccn3)n2)C(c2ccccc2)C1. The Bertz CT molecular complexity index is 897. The minimum atomic E-state index is 0.0892. The van der Waals surface area contributed by atoms with Crippen LogP contribution in [-0.2, 0) is 11.2 Å². The van der Waals surface area contributed by atoms with Crippen molar-refractivity contribution in [1.82, 2.24) is 19.8 Å². The van der Waals surface area contributed by atoms with Gasteiger partial charge in [0.05, 0.1) is 23.9 Å². The number of carbonyl (C=O) groups excluding carboxylic acids is 1. The third kappa shape index (κ3) is 4.07. The number of amides is 1. The van der Waals surface area contributed by atoms with Crippen molar-refractivity contribution < 1.29 is 4.79 Å². The lowest BCUT2D eigenvalue weighted by molar-refractivity contribution is -0.135. The molecule has 1 amide bonds. The molecule has 0 N–H and O–H groups in total. The van der Waals surface area contributed by atoms with Crippen LogP contribution in [-0.4, -0.2) is 52.4 Å². The van der Waals surface area contributed by atoms with Crippen LogP contribution in [0.5, 0.6) is 0 Å². The van der Waals surface area contributed by atoms with E-state index in [1.807, 2.05) is 46.7 Å². The zero-order valence-electron chi connectivity index (χ0n) is 15.3. The molecular weight excluding hydrogens is 356 g/mol. The summed E-state index contributed by atoms with van der Waals surface area (Å²) in [5.74, 6) is 0.134. The molecule has 0 spiro atoms. The molecule has 27 heavy (non-hydrogen) atoms. The first-order valence-electron chi connectivity index (χ1n) is 9.09. The predicted octanol–water partition coefficient (Wildman–Crippen LogP) is 3.26. The fourth-order valence-corrected chi connectivity index (χ4v) is 4.23. The van der Waals surface area contributed by atoms with Crippen molar-refractivity contribution in [1.29, 1.82) is 0 Å². The number of hydrogen-bond acceptors (Lipinski definition) is 5. The average molecular weight is 379 g/mol. The number of thiazole rings is 1. The van der Waals surface area contributed by atoms with E-state index in [9.17, 15) is 4.79 Å². The maximum Gasteiger partial charge on any atom is 0.229 e. The monoisotopic (exact) mass is 378 g/mol. The lowest BCUT2D eigenvalue weighted by atomic mass is 10.0. The summed E-state index contributed by atoms with van der Waals surface area (Å²) in [6, 6.07) is 16.2. The molecule has 0 aliphatic carbocycles. The summed E-state index contributed by atoms with van der Waals surface area (Å²) in [4.78, 5) is 26.3. The number of piperazine rings is 1. The van der Waals surface area contributed by atoms with Crippen LogP contribution in [0.25, 0.3) is 10.7 Å². The topological polar surface area (TPSA) is 49.3 Å². The van der Waals surface area contributed by atoms with Crippen LogP contribution in [0.15, 0.2) is 60.1 Å². The van der Waals surface area contributed by atoms with Gasteiger partial charge in [-0.1, -0.05) is 36.4 Å². The normalized spacial score (nSPS) is 17.8. The summed E-state index contributed by atoms with van der Waals surface area (Å²) in [6.07, 6.45) is 2.09. The van der Waals surface area contributed by atoms with Crippen molar-refractivity contribution >= 4 is 17.2 Å². The summed E-state index contributed by atoms with van der Waals surface area (Å²) in [5.41, 5.74) is 2.85. The van der Waals surface area contributed by atoms with Crippen molar-refractivity contribution in [3.05, 3.63) is 71.4 Å². The highest BCUT2D eigenvalue weighted by Crippen LogP contribution is 2.27. The smallest absolute Gasteiger partial charge is 0.229 e. The Morgan fingerprint density at radius 3 is 2.74 bits per heavy atom. The zero-order valence-corrected chi connectivity index (χ0v) is 16.1. The molecule has 1 fully saturated rings. The molecule has 0 saturated carbocycles. The minimum absolute atomic E-state index is 0.0892. The second-order valence-electron chi connectivity index (χ2n) is 6.81. The lowest BCUT2D eigenvalue weighted by Crippen LogP contribution is -2.49. The van der Waals surface area contributed by atoms with Gasteiger partial charge in [0.1, 0.15) is 5.01 Å². The Labute approximate surface area is 163 Å². The van der Waals surface area contributed by atoms with Crippen molar-refractivity contribution in [3.8, 4) is 10.7 Å². The maximum absolute atomic E-state index is 13.1. The van der Waals surface area contributed by atoms with Gasteiger partial charge in [0, 0.05) is 31.2 Å². The third-order valence-corrected chi connectivity index (χ3v) is 5.77. The predicted molar refractivity (Wildman–Crippen MR) is 107 cm³/mol. The number of rotatable bonds is 4. The molecule has 3 heterocycles. The van der Waals surface area contributed by atoms with Gasteiger partial charge in [-0.15, -0.1) is 11.3 Å². The fraction of sp³-hybridized carbons (Fsp3) is 0.286. The first kappa shape index (κ1) is 17.8. The molecule has 1 aromatic carbocycles. The molecule has 4 rings (SSSR count). The second kappa shape index (κ2) is 7.98. The van der Waals surface area contributed by atoms with Gasteiger partial charge in [-0.2, -0.15) is 0 Å². The van der Waals surface area contributed by atoms with Gasteiger partial charge in [0.2, 0.25) is 5.91 Å². The fourth-order valence-electron chi connectivity index (χ4n) is 3.43. The number of likely N-dealkylation sites (N-methyl/N-ethyl adjacent to an activating group) is 1. The number of aromatic nitrogens is 2. The molecule has 1 aliphatic rings. The first-order chi connectivity index (χ1) is 13.2. The molecule has 1 aliphatic heterocycles. The van der Waals surface area contributed by atoms with E-state index < -0.39 is 0 Å². The molecule has 138 valence electrons. The highest BCUT2D eigenvalue weighted by molar-refractivity contribution is 7.13. The third-order valence-electron chi connectivity index (χ3n) is 4.86. The van der Waals surface area contributed by atoms with Gasteiger partial charge in [-0.3, -0.25) is 9.78 Å². The van der Waals surface area contributed by atoms with Crippen LogP contribution in [0.3, 0.4) is 0 Å². The van der Waals surface area contributed by atoms with E-state index in [4.69, 9.17) is 0 Å². The largest absolute Gasteiger partial charge is 0.333 e. The van der Waals surface area contributed by atoms with E-state index in [0.29, 0.717) is 6.42 Å². The molecule has 1 saturated heterocycles. The van der Waals surface area contributed by atoms with E-state index in [1.54, 1.807) is 6.20 Å². The van der Waals surface area contributed by atoms with Gasteiger partial charge < -0.3 is 9.80 Å². The number of carbonyl (C=O) groups is 1. The number of hydrogen-bond donors (Lipinski definition) is 0. The Morgan fingerprint density at radius 2 is 1.96 bits per heavy atom. The molecule has 3 aromatic rings. The summed E-state index contributed by atoms with van der Waals surface area (Å²) in [6.45, 7) is 2.49. The Balaban J connectivity index is 1.51. The second-order valence-corrected chi connectivity index (χ2v) is 7.67. The molecule has 1 atom stereocenters. The van der Waals surface area contributed by atoms with Crippen molar-refractivity contribution in [3.63, 3.8) is 0 Å². The van der Waals surface area contributed by atoms with Gasteiger partial charge in [0.15, 0.2) is 0 Å². The minimum Gasteiger partial charge on any atom is -0.333 e.